The molecule has 0 radical (unpaired) electrons. The normalized spacial score (nSPS) is 25.7. The average molecular weight is 260 g/mol. The van der Waals surface area contributed by atoms with E-state index in [1.165, 1.54) is 30.4 Å². The number of hydrogen-bond acceptors (Lipinski definition) is 2. The van der Waals surface area contributed by atoms with Gasteiger partial charge in [-0.25, -0.2) is 0 Å². The van der Waals surface area contributed by atoms with E-state index in [-0.39, 0.29) is 0 Å². The predicted octanol–water partition coefficient (Wildman–Crippen LogP) is 3.51. The van der Waals surface area contributed by atoms with Crippen LogP contribution in [0, 0.1) is 0 Å². The van der Waals surface area contributed by atoms with E-state index in [2.05, 4.69) is 49.9 Å². The van der Waals surface area contributed by atoms with Crippen molar-refractivity contribution in [1.82, 2.24) is 4.90 Å². The van der Waals surface area contributed by atoms with Gasteiger partial charge in [-0.2, -0.15) is 0 Å². The van der Waals surface area contributed by atoms with Crippen molar-refractivity contribution in [3.8, 4) is 0 Å². The second kappa shape index (κ2) is 6.53. The van der Waals surface area contributed by atoms with Crippen LogP contribution in [0.5, 0.6) is 0 Å². The van der Waals surface area contributed by atoms with Gasteiger partial charge in [0.15, 0.2) is 0 Å². The Labute approximate surface area is 118 Å². The highest BCUT2D eigenvalue weighted by Crippen LogP contribution is 2.34. The van der Waals surface area contributed by atoms with Crippen LogP contribution in [0.3, 0.4) is 0 Å². The van der Waals surface area contributed by atoms with E-state index in [0.717, 1.165) is 6.42 Å². The lowest BCUT2D eigenvalue weighted by Crippen LogP contribution is -2.41. The summed E-state index contributed by atoms with van der Waals surface area (Å²) in [5, 5.41) is 0. The summed E-state index contributed by atoms with van der Waals surface area (Å²) in [4.78, 5) is 2.65. The molecule has 106 valence electrons. The van der Waals surface area contributed by atoms with Crippen LogP contribution >= 0.6 is 0 Å². The number of benzene rings is 1. The quantitative estimate of drug-likeness (QED) is 0.878. The molecular formula is C17H28N2. The summed E-state index contributed by atoms with van der Waals surface area (Å²) < 4.78 is 0. The lowest BCUT2D eigenvalue weighted by Gasteiger charge is -2.35. The van der Waals surface area contributed by atoms with Gasteiger partial charge in [0.25, 0.3) is 0 Å². The monoisotopic (exact) mass is 260 g/mol. The van der Waals surface area contributed by atoms with E-state index in [1.54, 1.807) is 0 Å². The maximum atomic E-state index is 6.09. The largest absolute Gasteiger partial charge is 0.329 e. The van der Waals surface area contributed by atoms with Gasteiger partial charge in [0, 0.05) is 24.7 Å². The SMILES string of the molecule is CCc1ccc(C(CN)N2C(C)CCC2CC)cc1. The van der Waals surface area contributed by atoms with E-state index in [4.69, 9.17) is 5.73 Å². The Morgan fingerprint density at radius 1 is 1.21 bits per heavy atom. The van der Waals surface area contributed by atoms with E-state index in [1.807, 2.05) is 0 Å². The highest BCUT2D eigenvalue weighted by atomic mass is 15.2. The number of rotatable bonds is 5. The van der Waals surface area contributed by atoms with Gasteiger partial charge in [0.1, 0.15) is 0 Å². The van der Waals surface area contributed by atoms with Gasteiger partial charge in [-0.05, 0) is 43.7 Å². The number of hydrogen-bond donors (Lipinski definition) is 1. The topological polar surface area (TPSA) is 29.3 Å². The third kappa shape index (κ3) is 3.01. The minimum Gasteiger partial charge on any atom is -0.329 e. The van der Waals surface area contributed by atoms with Crippen LogP contribution in [0.2, 0.25) is 0 Å². The zero-order chi connectivity index (χ0) is 13.8. The van der Waals surface area contributed by atoms with Crippen molar-refractivity contribution < 1.29 is 0 Å². The first-order chi connectivity index (χ1) is 9.21. The Kier molecular flexibility index (Phi) is 5.00. The average Bonchev–Trinajstić information content (AvgIpc) is 2.82. The molecule has 0 bridgehead atoms. The zero-order valence-corrected chi connectivity index (χ0v) is 12.6. The molecular weight excluding hydrogens is 232 g/mol. The van der Waals surface area contributed by atoms with Crippen molar-refractivity contribution in [1.29, 1.82) is 0 Å². The standard InChI is InChI=1S/C17H28N2/c1-4-14-7-9-15(10-8-14)17(12-18)19-13(3)6-11-16(19)5-2/h7-10,13,16-17H,4-6,11-12,18H2,1-3H3. The van der Waals surface area contributed by atoms with Crippen LogP contribution in [-0.4, -0.2) is 23.5 Å². The van der Waals surface area contributed by atoms with Crippen molar-refractivity contribution in [2.24, 2.45) is 5.73 Å². The van der Waals surface area contributed by atoms with Gasteiger partial charge >= 0.3 is 0 Å². The summed E-state index contributed by atoms with van der Waals surface area (Å²) in [7, 11) is 0. The summed E-state index contributed by atoms with van der Waals surface area (Å²) in [6.07, 6.45) is 4.96. The van der Waals surface area contributed by atoms with Crippen molar-refractivity contribution in [2.45, 2.75) is 64.6 Å². The number of nitrogens with two attached hydrogens (primary N) is 1. The van der Waals surface area contributed by atoms with Gasteiger partial charge in [0.05, 0.1) is 0 Å². The predicted molar refractivity (Wildman–Crippen MR) is 82.2 cm³/mol. The molecule has 2 nitrogen and oxygen atoms in total. The molecule has 2 rings (SSSR count). The van der Waals surface area contributed by atoms with E-state index in [0.29, 0.717) is 24.7 Å². The molecule has 3 unspecified atom stereocenters. The summed E-state index contributed by atoms with van der Waals surface area (Å²) in [5.41, 5.74) is 8.88. The maximum Gasteiger partial charge on any atom is 0.0476 e. The third-order valence-electron chi connectivity index (χ3n) is 4.68. The molecule has 0 amide bonds. The van der Waals surface area contributed by atoms with Crippen molar-refractivity contribution in [2.75, 3.05) is 6.54 Å². The summed E-state index contributed by atoms with van der Waals surface area (Å²) in [6, 6.07) is 10.8. The molecule has 19 heavy (non-hydrogen) atoms. The minimum atomic E-state index is 0.383. The fourth-order valence-corrected chi connectivity index (χ4v) is 3.47. The first kappa shape index (κ1) is 14.5. The van der Waals surface area contributed by atoms with Gasteiger partial charge < -0.3 is 5.73 Å². The van der Waals surface area contributed by atoms with E-state index in [9.17, 15) is 0 Å². The number of likely N-dealkylation sites (tertiary alicyclic amines) is 1. The fourth-order valence-electron chi connectivity index (χ4n) is 3.47. The van der Waals surface area contributed by atoms with Gasteiger partial charge in [-0.3, -0.25) is 4.90 Å². The number of nitrogens with zero attached hydrogens (tertiary/aromatic N) is 1. The zero-order valence-electron chi connectivity index (χ0n) is 12.6. The molecule has 1 aliphatic heterocycles. The molecule has 1 aliphatic rings. The molecule has 2 N–H and O–H groups in total. The molecule has 1 aromatic rings. The minimum absolute atomic E-state index is 0.383. The molecule has 0 saturated carbocycles. The van der Waals surface area contributed by atoms with E-state index >= 15 is 0 Å². The number of aryl methyl sites for hydroxylation is 1. The summed E-state index contributed by atoms with van der Waals surface area (Å²) >= 11 is 0. The first-order valence-electron chi connectivity index (χ1n) is 7.77. The van der Waals surface area contributed by atoms with Crippen molar-refractivity contribution in [3.63, 3.8) is 0 Å². The molecule has 0 aromatic heterocycles. The van der Waals surface area contributed by atoms with Crippen LogP contribution in [0.1, 0.15) is 57.2 Å². The highest BCUT2D eigenvalue weighted by Gasteiger charge is 2.34. The van der Waals surface area contributed by atoms with Crippen LogP contribution in [0.4, 0.5) is 0 Å². The van der Waals surface area contributed by atoms with Gasteiger partial charge in [-0.1, -0.05) is 38.1 Å². The first-order valence-corrected chi connectivity index (χ1v) is 7.77. The molecule has 1 heterocycles. The van der Waals surface area contributed by atoms with Crippen LogP contribution < -0.4 is 5.73 Å². The summed E-state index contributed by atoms with van der Waals surface area (Å²) in [5.74, 6) is 0. The molecule has 1 fully saturated rings. The van der Waals surface area contributed by atoms with Gasteiger partial charge in [0.2, 0.25) is 0 Å². The molecule has 0 spiro atoms. The van der Waals surface area contributed by atoms with E-state index < -0.39 is 0 Å². The molecule has 1 saturated heterocycles. The van der Waals surface area contributed by atoms with Gasteiger partial charge in [-0.15, -0.1) is 0 Å². The second-order valence-corrected chi connectivity index (χ2v) is 5.78. The smallest absolute Gasteiger partial charge is 0.0476 e. The van der Waals surface area contributed by atoms with Crippen LogP contribution in [0.25, 0.3) is 0 Å². The third-order valence-corrected chi connectivity index (χ3v) is 4.68. The maximum absolute atomic E-state index is 6.09. The summed E-state index contributed by atoms with van der Waals surface area (Å²) in [6.45, 7) is 7.56. The molecule has 1 aromatic carbocycles. The lowest BCUT2D eigenvalue weighted by molar-refractivity contribution is 0.137. The Hall–Kier alpha value is -0.860. The lowest BCUT2D eigenvalue weighted by atomic mass is 10.0. The Morgan fingerprint density at radius 2 is 1.89 bits per heavy atom. The van der Waals surface area contributed by atoms with Crippen molar-refractivity contribution >= 4 is 0 Å². The van der Waals surface area contributed by atoms with Crippen LogP contribution in [0.15, 0.2) is 24.3 Å². The molecule has 0 aliphatic carbocycles. The highest BCUT2D eigenvalue weighted by molar-refractivity contribution is 5.26. The Balaban J connectivity index is 2.22. The second-order valence-electron chi connectivity index (χ2n) is 5.78. The Bertz CT molecular complexity index is 385. The molecule has 3 atom stereocenters. The molecule has 2 heteroatoms. The van der Waals surface area contributed by atoms with Crippen LogP contribution in [-0.2, 0) is 6.42 Å². The van der Waals surface area contributed by atoms with Crippen molar-refractivity contribution in [3.05, 3.63) is 35.4 Å². The fraction of sp³-hybridized carbons (Fsp3) is 0.647. The Morgan fingerprint density at radius 3 is 2.42 bits per heavy atom.